The van der Waals surface area contributed by atoms with E-state index in [0.29, 0.717) is 47.9 Å². The summed E-state index contributed by atoms with van der Waals surface area (Å²) in [5.41, 5.74) is 1.74. The first-order chi connectivity index (χ1) is 18.6. The molecule has 0 unspecified atom stereocenters. The van der Waals surface area contributed by atoms with E-state index in [4.69, 9.17) is 0 Å². The van der Waals surface area contributed by atoms with Gasteiger partial charge in [0.2, 0.25) is 14.9 Å². The second kappa shape index (κ2) is 9.58. The number of benzene rings is 1. The zero-order valence-corrected chi connectivity index (χ0v) is 22.6. The number of rotatable bonds is 8. The Morgan fingerprint density at radius 2 is 1.90 bits per heavy atom. The molecule has 12 heteroatoms. The van der Waals surface area contributed by atoms with Gasteiger partial charge >= 0.3 is 6.18 Å². The molecular formula is C27H31F3N6O2S. The van der Waals surface area contributed by atoms with Crippen LogP contribution in [-0.2, 0) is 9.84 Å². The van der Waals surface area contributed by atoms with Crippen molar-refractivity contribution in [2.24, 2.45) is 11.8 Å². The molecule has 3 aromatic heterocycles. The number of halogens is 3. The van der Waals surface area contributed by atoms with Gasteiger partial charge in [-0.05, 0) is 62.1 Å². The van der Waals surface area contributed by atoms with Gasteiger partial charge in [-0.1, -0.05) is 31.5 Å². The van der Waals surface area contributed by atoms with Crippen molar-refractivity contribution in [1.82, 2.24) is 29.5 Å². The van der Waals surface area contributed by atoms with E-state index in [1.54, 1.807) is 52.8 Å². The molecule has 3 heterocycles. The second-order valence-electron chi connectivity index (χ2n) is 11.0. The minimum atomic E-state index is -4.27. The van der Waals surface area contributed by atoms with E-state index in [-0.39, 0.29) is 33.4 Å². The lowest BCUT2D eigenvalue weighted by Gasteiger charge is -2.30. The van der Waals surface area contributed by atoms with Crippen molar-refractivity contribution in [1.29, 1.82) is 0 Å². The average molecular weight is 561 g/mol. The van der Waals surface area contributed by atoms with Crippen molar-refractivity contribution >= 4 is 26.6 Å². The highest BCUT2D eigenvalue weighted by Crippen LogP contribution is 2.45. The largest absolute Gasteiger partial charge is 0.401 e. The molecular weight excluding hydrogens is 529 g/mol. The van der Waals surface area contributed by atoms with Crippen molar-refractivity contribution in [3.63, 3.8) is 0 Å². The Hall–Kier alpha value is -2.99. The number of H-pyrrole nitrogens is 1. The van der Waals surface area contributed by atoms with Crippen molar-refractivity contribution < 1.29 is 21.6 Å². The number of sulfone groups is 1. The third kappa shape index (κ3) is 4.82. The Labute approximate surface area is 224 Å². The van der Waals surface area contributed by atoms with E-state index in [9.17, 15) is 21.6 Å². The predicted octanol–water partition coefficient (Wildman–Crippen LogP) is 5.29. The van der Waals surface area contributed by atoms with Crippen molar-refractivity contribution in [3.8, 4) is 0 Å². The maximum absolute atomic E-state index is 13.8. The van der Waals surface area contributed by atoms with Crippen LogP contribution >= 0.6 is 0 Å². The van der Waals surface area contributed by atoms with Crippen LogP contribution in [0.15, 0.2) is 46.5 Å². The summed E-state index contributed by atoms with van der Waals surface area (Å²) in [6.45, 7) is 3.31. The topological polar surface area (TPSA) is 96.2 Å². The summed E-state index contributed by atoms with van der Waals surface area (Å²) in [6, 6.07) is 8.27. The normalized spacial score (nSPS) is 22.5. The first-order valence-corrected chi connectivity index (χ1v) is 14.9. The van der Waals surface area contributed by atoms with Crippen LogP contribution in [-0.4, -0.2) is 63.2 Å². The molecule has 3 atom stereocenters. The average Bonchev–Trinajstić information content (AvgIpc) is 3.26. The minimum Gasteiger partial charge on any atom is -0.345 e. The zero-order chi connectivity index (χ0) is 27.5. The number of alkyl halides is 3. The first-order valence-electron chi connectivity index (χ1n) is 13.4. The molecule has 39 heavy (non-hydrogen) atoms. The van der Waals surface area contributed by atoms with Crippen LogP contribution in [0.25, 0.3) is 16.8 Å². The van der Waals surface area contributed by atoms with Crippen LogP contribution in [0.4, 0.5) is 13.2 Å². The van der Waals surface area contributed by atoms with Gasteiger partial charge in [-0.3, -0.25) is 9.30 Å². The molecule has 1 N–H and O–H groups in total. The van der Waals surface area contributed by atoms with Crippen LogP contribution < -0.4 is 0 Å². The van der Waals surface area contributed by atoms with Crippen LogP contribution in [0, 0.1) is 18.8 Å². The fourth-order valence-corrected chi connectivity index (χ4v) is 7.74. The Morgan fingerprint density at radius 1 is 1.13 bits per heavy atom. The van der Waals surface area contributed by atoms with Gasteiger partial charge in [-0.2, -0.15) is 13.2 Å². The van der Waals surface area contributed by atoms with Gasteiger partial charge in [0, 0.05) is 24.7 Å². The van der Waals surface area contributed by atoms with E-state index in [0.717, 1.165) is 19.3 Å². The highest BCUT2D eigenvalue weighted by Gasteiger charge is 2.44. The third-order valence-electron chi connectivity index (χ3n) is 8.29. The summed E-state index contributed by atoms with van der Waals surface area (Å²) in [5, 5.41) is 8.63. The molecule has 0 radical (unpaired) electrons. The van der Waals surface area contributed by atoms with E-state index in [1.165, 1.54) is 0 Å². The van der Waals surface area contributed by atoms with Gasteiger partial charge in [-0.25, -0.2) is 13.4 Å². The summed E-state index contributed by atoms with van der Waals surface area (Å²) in [7, 11) is -4.03. The van der Waals surface area contributed by atoms with Crippen LogP contribution in [0.3, 0.4) is 0 Å². The van der Waals surface area contributed by atoms with Crippen LogP contribution in [0.5, 0.6) is 0 Å². The zero-order valence-electron chi connectivity index (χ0n) is 21.8. The molecule has 2 saturated carbocycles. The summed E-state index contributed by atoms with van der Waals surface area (Å²) in [6.07, 6.45) is 1.29. The van der Waals surface area contributed by atoms with Gasteiger partial charge in [0.25, 0.3) is 0 Å². The van der Waals surface area contributed by atoms with Gasteiger partial charge in [0.15, 0.2) is 11.3 Å². The smallest absolute Gasteiger partial charge is 0.345 e. The number of nitrogens with zero attached hydrogens (tertiary/aromatic N) is 5. The molecule has 0 bridgehead atoms. The summed E-state index contributed by atoms with van der Waals surface area (Å²) in [4.78, 5) is 9.23. The lowest BCUT2D eigenvalue weighted by Crippen LogP contribution is -2.42. The molecule has 2 fully saturated rings. The molecule has 0 amide bonds. The van der Waals surface area contributed by atoms with E-state index in [1.807, 2.05) is 6.92 Å². The van der Waals surface area contributed by atoms with Crippen molar-refractivity contribution in [3.05, 3.63) is 47.9 Å². The quantitative estimate of drug-likeness (QED) is 0.315. The van der Waals surface area contributed by atoms with Crippen LogP contribution in [0.1, 0.15) is 56.3 Å². The lowest BCUT2D eigenvalue weighted by atomic mass is 9.93. The fraction of sp³-hybridized carbons (Fsp3) is 0.519. The number of aromatic nitrogens is 5. The van der Waals surface area contributed by atoms with Crippen LogP contribution in [0.2, 0.25) is 0 Å². The van der Waals surface area contributed by atoms with E-state index >= 15 is 0 Å². The van der Waals surface area contributed by atoms with Crippen molar-refractivity contribution in [2.75, 3.05) is 13.1 Å². The van der Waals surface area contributed by atoms with Gasteiger partial charge in [0.05, 0.1) is 17.0 Å². The molecule has 0 aliphatic heterocycles. The number of hydrogen-bond donors (Lipinski definition) is 1. The molecule has 0 spiro atoms. The fourth-order valence-electron chi connectivity index (χ4n) is 6.19. The molecule has 1 aromatic carbocycles. The molecule has 0 saturated heterocycles. The van der Waals surface area contributed by atoms with E-state index < -0.39 is 22.6 Å². The minimum absolute atomic E-state index is 0.0934. The third-order valence-corrected chi connectivity index (χ3v) is 10.1. The van der Waals surface area contributed by atoms with Gasteiger partial charge < -0.3 is 4.98 Å². The molecule has 8 nitrogen and oxygen atoms in total. The molecule has 6 rings (SSSR count). The number of aryl methyl sites for hydroxylation is 1. The van der Waals surface area contributed by atoms with E-state index in [2.05, 4.69) is 20.2 Å². The molecule has 208 valence electrons. The maximum atomic E-state index is 13.8. The number of fused-ring (bicyclic) bond motifs is 3. The summed E-state index contributed by atoms with van der Waals surface area (Å²) in [5.74, 6) is 0.835. The van der Waals surface area contributed by atoms with Gasteiger partial charge in [-0.15, -0.1) is 10.2 Å². The molecule has 4 aromatic rings. The Kier molecular flexibility index (Phi) is 6.45. The highest BCUT2D eigenvalue weighted by molar-refractivity contribution is 7.91. The summed E-state index contributed by atoms with van der Waals surface area (Å²) < 4.78 is 69.9. The monoisotopic (exact) mass is 560 g/mol. The second-order valence-corrected chi connectivity index (χ2v) is 12.8. The number of nitrogens with one attached hydrogen (secondary N) is 1. The summed E-state index contributed by atoms with van der Waals surface area (Å²) >= 11 is 0. The number of aromatic amines is 1. The SMILES string of the molecule is CC[C@@H]1C[C@H](N(CC2CC2)CC(F)(F)F)C[C@@H]1c1nnc2c(S(=O)(=O)c3ccccc3C)nc3[nH]ccc3n12. The molecule has 2 aliphatic carbocycles. The Morgan fingerprint density at radius 3 is 2.59 bits per heavy atom. The number of hydrogen-bond acceptors (Lipinski definition) is 6. The first kappa shape index (κ1) is 26.2. The maximum Gasteiger partial charge on any atom is 0.401 e. The standard InChI is InChI=1S/C27H31F3N6O2S/c1-3-18-12-19(35(14-17-8-9-17)15-27(28,29)30)13-20(18)24-33-34-25-26(32-23-21(36(24)25)10-11-31-23)39(37,38)22-7-5-4-6-16(22)2/h4-7,10-11,17-20,31H,3,8-9,12-15H2,1-2H3/t18-,19+,20+/m1/s1. The Balaban J connectivity index is 1.44. The Bertz CT molecular complexity index is 1630. The molecule has 2 aliphatic rings. The van der Waals surface area contributed by atoms with Gasteiger partial charge in [0.1, 0.15) is 5.82 Å². The predicted molar refractivity (Wildman–Crippen MR) is 139 cm³/mol. The van der Waals surface area contributed by atoms with Crippen molar-refractivity contribution in [2.45, 2.75) is 74.0 Å². The highest BCUT2D eigenvalue weighted by atomic mass is 32.2. The lowest BCUT2D eigenvalue weighted by molar-refractivity contribution is -0.151.